The minimum Gasteiger partial charge on any atom is -0.457 e. The predicted molar refractivity (Wildman–Crippen MR) is 119 cm³/mol. The molecule has 0 fully saturated rings. The number of esters is 1. The van der Waals surface area contributed by atoms with E-state index in [0.717, 1.165) is 54.0 Å². The highest BCUT2D eigenvalue weighted by atomic mass is 16.5. The normalized spacial score (nSPS) is 15.2. The third-order valence-corrected chi connectivity index (χ3v) is 6.58. The van der Waals surface area contributed by atoms with Crippen LogP contribution >= 0.6 is 0 Å². The number of rotatable bonds is 3. The number of para-hydroxylation sites is 1. The molecule has 0 amide bonds. The number of hydrogen-bond acceptors (Lipinski definition) is 7. The lowest BCUT2D eigenvalue weighted by molar-refractivity contribution is 0.0535. The Morgan fingerprint density at radius 3 is 3.00 bits per heavy atom. The van der Waals surface area contributed by atoms with Crippen LogP contribution in [0.2, 0.25) is 0 Å². The lowest BCUT2D eigenvalue weighted by Crippen LogP contribution is -2.31. The number of ether oxygens (including phenoxy) is 1. The van der Waals surface area contributed by atoms with E-state index in [1.807, 2.05) is 35.0 Å². The van der Waals surface area contributed by atoms with Gasteiger partial charge in [0.25, 0.3) is 0 Å². The summed E-state index contributed by atoms with van der Waals surface area (Å²) in [5, 5.41) is 9.32. The van der Waals surface area contributed by atoms with Crippen molar-refractivity contribution in [3.8, 4) is 12.0 Å². The minimum absolute atomic E-state index is 0.228. The largest absolute Gasteiger partial charge is 0.457 e. The highest BCUT2D eigenvalue weighted by molar-refractivity contribution is 5.93. The number of nitriles is 1. The number of fused-ring (bicyclic) bond motifs is 3. The van der Waals surface area contributed by atoms with Gasteiger partial charge in [-0.25, -0.2) is 19.7 Å². The van der Waals surface area contributed by atoms with E-state index in [9.17, 15) is 10.1 Å². The molecular formula is C25H20N6O2. The molecule has 0 N–H and O–H groups in total. The molecule has 0 bridgehead atoms. The highest BCUT2D eigenvalue weighted by Crippen LogP contribution is 2.28. The van der Waals surface area contributed by atoms with E-state index in [-0.39, 0.29) is 5.97 Å². The molecule has 162 valence electrons. The Hall–Kier alpha value is -4.09. The van der Waals surface area contributed by atoms with Crippen LogP contribution in [0.3, 0.4) is 0 Å². The van der Waals surface area contributed by atoms with E-state index < -0.39 is 0 Å². The predicted octanol–water partition coefficient (Wildman–Crippen LogP) is 3.22. The number of cyclic esters (lactones) is 1. The van der Waals surface area contributed by atoms with Gasteiger partial charge < -0.3 is 4.74 Å². The second-order valence-electron chi connectivity index (χ2n) is 8.45. The van der Waals surface area contributed by atoms with Gasteiger partial charge in [-0.3, -0.25) is 9.47 Å². The number of imidazole rings is 1. The molecule has 0 atom stereocenters. The molecule has 8 heteroatoms. The average molecular weight is 436 g/mol. The van der Waals surface area contributed by atoms with Crippen LogP contribution in [0.4, 0.5) is 0 Å². The van der Waals surface area contributed by atoms with Crippen molar-refractivity contribution in [3.05, 3.63) is 81.9 Å². The number of nitrogens with zero attached hydrogens (tertiary/aromatic N) is 6. The van der Waals surface area contributed by atoms with Gasteiger partial charge in [0, 0.05) is 43.4 Å². The van der Waals surface area contributed by atoms with Crippen LogP contribution in [0.5, 0.6) is 0 Å². The van der Waals surface area contributed by atoms with Gasteiger partial charge in [-0.1, -0.05) is 12.1 Å². The van der Waals surface area contributed by atoms with Crippen molar-refractivity contribution in [3.63, 3.8) is 0 Å². The molecule has 2 aromatic carbocycles. The fourth-order valence-electron chi connectivity index (χ4n) is 4.71. The monoisotopic (exact) mass is 436 g/mol. The molecule has 33 heavy (non-hydrogen) atoms. The zero-order valence-electron chi connectivity index (χ0n) is 18.1. The highest BCUT2D eigenvalue weighted by Gasteiger charge is 2.25. The summed E-state index contributed by atoms with van der Waals surface area (Å²) < 4.78 is 7.02. The van der Waals surface area contributed by atoms with Crippen LogP contribution < -0.4 is 0 Å². The lowest BCUT2D eigenvalue weighted by atomic mass is 9.97. The van der Waals surface area contributed by atoms with E-state index in [0.29, 0.717) is 29.2 Å². The summed E-state index contributed by atoms with van der Waals surface area (Å²) in [6.07, 6.45) is 4.39. The molecular weight excluding hydrogens is 416 g/mol. The van der Waals surface area contributed by atoms with Gasteiger partial charge >= 0.3 is 5.97 Å². The number of carbonyl (C=O) groups excluding carboxylic acids is 1. The van der Waals surface area contributed by atoms with Gasteiger partial charge in [-0.15, -0.1) is 0 Å². The van der Waals surface area contributed by atoms with E-state index in [1.54, 1.807) is 12.4 Å². The standard InChI is InChI=1S/C25H20N6O2/c1-15-17(5-6-19-20(15)13-33-24(19)32)11-30-8-7-21-18(12-30)10-27-25(29-21)31-14-28-23-16(9-26)3-2-4-22(23)31/h2-6,10,14H,7-8,11-13H2,1H3. The average Bonchev–Trinajstić information content (AvgIpc) is 3.44. The summed E-state index contributed by atoms with van der Waals surface area (Å²) in [5.74, 6) is 0.341. The van der Waals surface area contributed by atoms with Gasteiger partial charge in [0.1, 0.15) is 24.5 Å². The molecule has 0 spiro atoms. The molecule has 8 nitrogen and oxygen atoms in total. The van der Waals surface area contributed by atoms with E-state index in [2.05, 4.69) is 27.9 Å². The van der Waals surface area contributed by atoms with Gasteiger partial charge in [0.05, 0.1) is 22.3 Å². The van der Waals surface area contributed by atoms with Crippen molar-refractivity contribution < 1.29 is 9.53 Å². The van der Waals surface area contributed by atoms with Gasteiger partial charge in [0.2, 0.25) is 5.95 Å². The maximum Gasteiger partial charge on any atom is 0.338 e. The van der Waals surface area contributed by atoms with Gasteiger partial charge in [-0.05, 0) is 36.2 Å². The first-order valence-electron chi connectivity index (χ1n) is 10.8. The number of carbonyl (C=O) groups is 1. The molecule has 2 aliphatic heterocycles. The Kier molecular flexibility index (Phi) is 4.45. The molecule has 2 aromatic heterocycles. The maximum absolute atomic E-state index is 11.8. The van der Waals surface area contributed by atoms with Crippen LogP contribution in [-0.4, -0.2) is 36.9 Å². The smallest absolute Gasteiger partial charge is 0.338 e. The second-order valence-corrected chi connectivity index (χ2v) is 8.45. The number of aromatic nitrogens is 4. The molecule has 0 saturated heterocycles. The molecule has 0 aliphatic carbocycles. The van der Waals surface area contributed by atoms with Crippen molar-refractivity contribution in [2.75, 3.05) is 6.54 Å². The molecule has 2 aliphatic rings. The van der Waals surface area contributed by atoms with E-state index in [4.69, 9.17) is 9.72 Å². The van der Waals surface area contributed by atoms with Gasteiger partial charge in [-0.2, -0.15) is 5.26 Å². The van der Waals surface area contributed by atoms with Crippen LogP contribution in [0, 0.1) is 18.3 Å². The van der Waals surface area contributed by atoms with Crippen LogP contribution in [0.1, 0.15) is 43.9 Å². The zero-order chi connectivity index (χ0) is 22.5. The Morgan fingerprint density at radius 2 is 2.12 bits per heavy atom. The minimum atomic E-state index is -0.228. The van der Waals surface area contributed by atoms with Crippen molar-refractivity contribution in [2.24, 2.45) is 0 Å². The van der Waals surface area contributed by atoms with E-state index in [1.165, 1.54) is 5.56 Å². The number of hydrogen-bond donors (Lipinski definition) is 0. The second kappa shape index (κ2) is 7.50. The molecule has 0 unspecified atom stereocenters. The first kappa shape index (κ1) is 19.6. The molecule has 4 heterocycles. The summed E-state index contributed by atoms with van der Waals surface area (Å²) in [5.41, 5.74) is 8.22. The topological polar surface area (TPSA) is 96.9 Å². The Labute approximate surface area is 190 Å². The Balaban J connectivity index is 1.25. The first-order chi connectivity index (χ1) is 16.1. The summed E-state index contributed by atoms with van der Waals surface area (Å²) in [7, 11) is 0. The fourth-order valence-corrected chi connectivity index (χ4v) is 4.71. The number of benzene rings is 2. The summed E-state index contributed by atoms with van der Waals surface area (Å²) in [4.78, 5) is 28.0. The lowest BCUT2D eigenvalue weighted by Gasteiger charge is -2.28. The van der Waals surface area contributed by atoms with Crippen molar-refractivity contribution in [2.45, 2.75) is 33.0 Å². The van der Waals surface area contributed by atoms with Crippen LogP contribution in [0.15, 0.2) is 42.9 Å². The third kappa shape index (κ3) is 3.17. The van der Waals surface area contributed by atoms with Gasteiger partial charge in [0.15, 0.2) is 0 Å². The zero-order valence-corrected chi connectivity index (χ0v) is 18.1. The van der Waals surface area contributed by atoms with Crippen molar-refractivity contribution in [1.29, 1.82) is 5.26 Å². The summed E-state index contributed by atoms with van der Waals surface area (Å²) in [6.45, 7) is 4.89. The summed E-state index contributed by atoms with van der Waals surface area (Å²) >= 11 is 0. The fraction of sp³-hybridized carbons (Fsp3) is 0.240. The van der Waals surface area contributed by atoms with Crippen LogP contribution in [0.25, 0.3) is 17.0 Å². The SMILES string of the molecule is Cc1c(CN2CCc3nc(-n4cnc5c(C#N)cccc54)ncc3C2)ccc2c1COC2=O. The first-order valence-corrected chi connectivity index (χ1v) is 10.8. The van der Waals surface area contributed by atoms with Crippen LogP contribution in [-0.2, 0) is 30.9 Å². The molecule has 6 rings (SSSR count). The molecule has 0 saturated carbocycles. The maximum atomic E-state index is 11.8. The third-order valence-electron chi connectivity index (χ3n) is 6.58. The van der Waals surface area contributed by atoms with E-state index >= 15 is 0 Å². The van der Waals surface area contributed by atoms with Crippen molar-refractivity contribution >= 4 is 17.0 Å². The molecule has 0 radical (unpaired) electrons. The Morgan fingerprint density at radius 1 is 1.21 bits per heavy atom. The quantitative estimate of drug-likeness (QED) is 0.455. The van der Waals surface area contributed by atoms with Crippen molar-refractivity contribution in [1.82, 2.24) is 24.4 Å². The Bertz CT molecular complexity index is 1480. The molecule has 4 aromatic rings. The summed E-state index contributed by atoms with van der Waals surface area (Å²) in [6, 6.07) is 11.6.